The summed E-state index contributed by atoms with van der Waals surface area (Å²) in [5.41, 5.74) is 0.624. The van der Waals surface area contributed by atoms with Gasteiger partial charge >= 0.3 is 0 Å². The van der Waals surface area contributed by atoms with Gasteiger partial charge in [-0.25, -0.2) is 0 Å². The zero-order chi connectivity index (χ0) is 13.2. The molecule has 0 bridgehead atoms. The van der Waals surface area contributed by atoms with Gasteiger partial charge < -0.3 is 14.8 Å². The van der Waals surface area contributed by atoms with Gasteiger partial charge in [0.25, 0.3) is 5.91 Å². The monoisotopic (exact) mass is 315 g/mol. The van der Waals surface area contributed by atoms with Crippen LogP contribution in [0.1, 0.15) is 17.3 Å². The number of ether oxygens (including phenoxy) is 2. The van der Waals surface area contributed by atoms with Crippen molar-refractivity contribution in [2.75, 3.05) is 31.7 Å². The number of alkyl halides is 1. The summed E-state index contributed by atoms with van der Waals surface area (Å²) < 4.78 is 10.5. The zero-order valence-electron chi connectivity index (χ0n) is 10.4. The number of carbonyl (C=O) groups excluding carboxylic acids is 1. The van der Waals surface area contributed by atoms with Crippen LogP contribution in [0.5, 0.6) is 5.75 Å². The summed E-state index contributed by atoms with van der Waals surface area (Å²) in [5, 5.41) is 3.59. The minimum absolute atomic E-state index is 0.0968. The molecule has 100 valence electrons. The topological polar surface area (TPSA) is 47.6 Å². The van der Waals surface area contributed by atoms with Crippen molar-refractivity contribution < 1.29 is 14.3 Å². The Bertz CT molecular complexity index is 354. The van der Waals surface area contributed by atoms with Crippen molar-refractivity contribution in [1.29, 1.82) is 0 Å². The number of benzene rings is 1. The first-order valence-corrected chi connectivity index (χ1v) is 7.05. The average Bonchev–Trinajstić information content (AvgIpc) is 2.39. The molecule has 0 heterocycles. The molecule has 0 atom stereocenters. The molecule has 1 aromatic carbocycles. The van der Waals surface area contributed by atoms with Crippen LogP contribution < -0.4 is 10.1 Å². The molecule has 0 fully saturated rings. The van der Waals surface area contributed by atoms with Crippen LogP contribution in [0.3, 0.4) is 0 Å². The van der Waals surface area contributed by atoms with Crippen LogP contribution in [0.25, 0.3) is 0 Å². The first-order valence-electron chi connectivity index (χ1n) is 5.92. The molecule has 0 radical (unpaired) electrons. The van der Waals surface area contributed by atoms with E-state index >= 15 is 0 Å². The van der Waals surface area contributed by atoms with Gasteiger partial charge in [-0.05, 0) is 31.2 Å². The smallest absolute Gasteiger partial charge is 0.251 e. The van der Waals surface area contributed by atoms with E-state index in [1.807, 2.05) is 6.92 Å². The molecule has 0 unspecified atom stereocenters. The number of amides is 1. The predicted octanol–water partition coefficient (Wildman–Crippen LogP) is 2.23. The molecule has 0 aliphatic rings. The fraction of sp³-hybridized carbons (Fsp3) is 0.462. The molecular weight excluding hydrogens is 298 g/mol. The van der Waals surface area contributed by atoms with Gasteiger partial charge in [0.2, 0.25) is 0 Å². The molecule has 4 nitrogen and oxygen atoms in total. The van der Waals surface area contributed by atoms with E-state index in [1.165, 1.54) is 0 Å². The Morgan fingerprint density at radius 2 is 2.00 bits per heavy atom. The van der Waals surface area contributed by atoms with Crippen LogP contribution in [0.15, 0.2) is 24.3 Å². The summed E-state index contributed by atoms with van der Waals surface area (Å²) >= 11 is 3.26. The number of nitrogens with one attached hydrogen (secondary N) is 1. The van der Waals surface area contributed by atoms with Gasteiger partial charge in [0, 0.05) is 17.4 Å². The van der Waals surface area contributed by atoms with Gasteiger partial charge in [0.05, 0.1) is 19.8 Å². The molecule has 0 saturated carbocycles. The van der Waals surface area contributed by atoms with Crippen molar-refractivity contribution in [2.45, 2.75) is 6.92 Å². The van der Waals surface area contributed by atoms with E-state index in [1.54, 1.807) is 24.3 Å². The third-order valence-corrected chi connectivity index (χ3v) is 2.50. The zero-order valence-corrected chi connectivity index (χ0v) is 12.0. The SMILES string of the molecule is CCOc1ccc(C(=O)NCCOCCBr)cc1. The Hall–Kier alpha value is -1.07. The first-order chi connectivity index (χ1) is 8.77. The highest BCUT2D eigenvalue weighted by atomic mass is 79.9. The van der Waals surface area contributed by atoms with Crippen molar-refractivity contribution in [3.8, 4) is 5.75 Å². The van der Waals surface area contributed by atoms with E-state index in [2.05, 4.69) is 21.2 Å². The summed E-state index contributed by atoms with van der Waals surface area (Å²) in [7, 11) is 0. The summed E-state index contributed by atoms with van der Waals surface area (Å²) in [5.74, 6) is 0.676. The highest BCUT2D eigenvalue weighted by Gasteiger charge is 2.04. The molecule has 0 aromatic heterocycles. The molecule has 18 heavy (non-hydrogen) atoms. The Morgan fingerprint density at radius 3 is 2.61 bits per heavy atom. The van der Waals surface area contributed by atoms with E-state index in [0.717, 1.165) is 11.1 Å². The van der Waals surface area contributed by atoms with Gasteiger partial charge in [0.15, 0.2) is 0 Å². The number of hydrogen-bond acceptors (Lipinski definition) is 3. The lowest BCUT2D eigenvalue weighted by Crippen LogP contribution is -2.27. The van der Waals surface area contributed by atoms with Crippen LogP contribution in [0.2, 0.25) is 0 Å². The number of hydrogen-bond donors (Lipinski definition) is 1. The molecule has 1 aromatic rings. The minimum atomic E-state index is -0.0968. The lowest BCUT2D eigenvalue weighted by atomic mass is 10.2. The van der Waals surface area contributed by atoms with Crippen LogP contribution in [0.4, 0.5) is 0 Å². The minimum Gasteiger partial charge on any atom is -0.494 e. The summed E-state index contributed by atoms with van der Waals surface area (Å²) in [6.07, 6.45) is 0. The van der Waals surface area contributed by atoms with Gasteiger partial charge in [0.1, 0.15) is 5.75 Å². The van der Waals surface area contributed by atoms with Gasteiger partial charge in [-0.3, -0.25) is 4.79 Å². The second-order valence-corrected chi connectivity index (χ2v) is 4.31. The van der Waals surface area contributed by atoms with E-state index in [9.17, 15) is 4.79 Å². The molecule has 1 rings (SSSR count). The Balaban J connectivity index is 2.32. The summed E-state index contributed by atoms with van der Waals surface area (Å²) in [4.78, 5) is 11.7. The predicted molar refractivity (Wildman–Crippen MR) is 74.6 cm³/mol. The second-order valence-electron chi connectivity index (χ2n) is 3.51. The number of rotatable bonds is 8. The maximum atomic E-state index is 11.7. The molecule has 0 aliphatic heterocycles. The molecule has 0 aliphatic carbocycles. The lowest BCUT2D eigenvalue weighted by molar-refractivity contribution is 0.0924. The van der Waals surface area contributed by atoms with E-state index in [4.69, 9.17) is 9.47 Å². The maximum absolute atomic E-state index is 11.7. The van der Waals surface area contributed by atoms with Crippen LogP contribution in [0, 0.1) is 0 Å². The van der Waals surface area contributed by atoms with Crippen molar-refractivity contribution in [2.24, 2.45) is 0 Å². The fourth-order valence-corrected chi connectivity index (χ4v) is 1.59. The Labute approximate surface area is 116 Å². The Kier molecular flexibility index (Phi) is 7.44. The molecule has 1 N–H and O–H groups in total. The highest BCUT2D eigenvalue weighted by molar-refractivity contribution is 9.09. The van der Waals surface area contributed by atoms with Crippen molar-refractivity contribution in [3.63, 3.8) is 0 Å². The van der Waals surface area contributed by atoms with Gasteiger partial charge in [-0.1, -0.05) is 15.9 Å². The average molecular weight is 316 g/mol. The highest BCUT2D eigenvalue weighted by Crippen LogP contribution is 2.11. The van der Waals surface area contributed by atoms with Gasteiger partial charge in [-0.15, -0.1) is 0 Å². The van der Waals surface area contributed by atoms with Crippen LogP contribution in [-0.4, -0.2) is 37.6 Å². The third-order valence-electron chi connectivity index (χ3n) is 2.18. The number of halogens is 1. The van der Waals surface area contributed by atoms with E-state index in [-0.39, 0.29) is 5.91 Å². The van der Waals surface area contributed by atoms with E-state index in [0.29, 0.717) is 31.9 Å². The van der Waals surface area contributed by atoms with Crippen molar-refractivity contribution >= 4 is 21.8 Å². The lowest BCUT2D eigenvalue weighted by Gasteiger charge is -2.07. The molecule has 0 saturated heterocycles. The quantitative estimate of drug-likeness (QED) is 0.591. The fourth-order valence-electron chi connectivity index (χ4n) is 1.36. The van der Waals surface area contributed by atoms with Crippen molar-refractivity contribution in [3.05, 3.63) is 29.8 Å². The standard InChI is InChI=1S/C13H18BrNO3/c1-2-18-12-5-3-11(4-6-12)13(16)15-8-10-17-9-7-14/h3-6H,2,7-10H2,1H3,(H,15,16). The van der Waals surface area contributed by atoms with E-state index < -0.39 is 0 Å². The molecule has 0 spiro atoms. The summed E-state index contributed by atoms with van der Waals surface area (Å²) in [6, 6.07) is 7.08. The van der Waals surface area contributed by atoms with Gasteiger partial charge in [-0.2, -0.15) is 0 Å². The first kappa shape index (κ1) is 15.0. The molecule has 1 amide bonds. The normalized spacial score (nSPS) is 10.1. The molecular formula is C13H18BrNO3. The number of carbonyl (C=O) groups is 1. The summed E-state index contributed by atoms with van der Waals surface area (Å²) in [6.45, 7) is 4.23. The largest absolute Gasteiger partial charge is 0.494 e. The third kappa shape index (κ3) is 5.51. The van der Waals surface area contributed by atoms with Crippen molar-refractivity contribution in [1.82, 2.24) is 5.32 Å². The Morgan fingerprint density at radius 1 is 1.28 bits per heavy atom. The maximum Gasteiger partial charge on any atom is 0.251 e. The second kappa shape index (κ2) is 8.94. The van der Waals surface area contributed by atoms with Crippen LogP contribution in [-0.2, 0) is 4.74 Å². The molecule has 5 heteroatoms. The van der Waals surface area contributed by atoms with Crippen LogP contribution >= 0.6 is 15.9 Å².